The van der Waals surface area contributed by atoms with Crippen molar-refractivity contribution in [2.75, 3.05) is 0 Å². The third kappa shape index (κ3) is 2.90. The SMILES string of the molecule is Cn1cnnc1Sc1nc(C(F)(F)F)ccc1C(=O)O. The predicted octanol–water partition coefficient (Wildman–Crippen LogP) is 2.08. The first-order valence-electron chi connectivity index (χ1n) is 5.12. The number of hydrogen-bond donors (Lipinski definition) is 1. The molecular formula is C10H7F3N4O2S. The van der Waals surface area contributed by atoms with E-state index in [0.29, 0.717) is 17.8 Å². The standard InChI is InChI=1S/C10H7F3N4O2S/c1-17-4-14-16-9(17)20-7-5(8(18)19)2-3-6(15-7)10(11,12)13/h2-4H,1H3,(H,18,19). The summed E-state index contributed by atoms with van der Waals surface area (Å²) in [6.45, 7) is 0. The Hall–Kier alpha value is -2.10. The van der Waals surface area contributed by atoms with Crippen molar-refractivity contribution in [1.82, 2.24) is 19.7 Å². The Bertz CT molecular complexity index is 656. The minimum atomic E-state index is -4.65. The molecule has 0 bridgehead atoms. The lowest BCUT2D eigenvalue weighted by molar-refractivity contribution is -0.141. The van der Waals surface area contributed by atoms with Crippen LogP contribution in [0.25, 0.3) is 0 Å². The van der Waals surface area contributed by atoms with Gasteiger partial charge in [-0.3, -0.25) is 0 Å². The largest absolute Gasteiger partial charge is 0.478 e. The van der Waals surface area contributed by atoms with Crippen molar-refractivity contribution in [2.45, 2.75) is 16.4 Å². The second kappa shape index (κ2) is 5.12. The predicted molar refractivity (Wildman–Crippen MR) is 61.3 cm³/mol. The van der Waals surface area contributed by atoms with Crippen LogP contribution in [0.15, 0.2) is 28.6 Å². The monoisotopic (exact) mass is 304 g/mol. The van der Waals surface area contributed by atoms with E-state index in [1.165, 1.54) is 10.9 Å². The molecule has 0 fully saturated rings. The van der Waals surface area contributed by atoms with Gasteiger partial charge in [0.1, 0.15) is 17.0 Å². The number of aromatic nitrogens is 4. The fraction of sp³-hybridized carbons (Fsp3) is 0.200. The lowest BCUT2D eigenvalue weighted by Crippen LogP contribution is -2.11. The first kappa shape index (κ1) is 14.3. The summed E-state index contributed by atoms with van der Waals surface area (Å²) in [6.07, 6.45) is -3.30. The van der Waals surface area contributed by atoms with E-state index in [1.807, 2.05) is 0 Å². The van der Waals surface area contributed by atoms with Crippen molar-refractivity contribution < 1.29 is 23.1 Å². The van der Waals surface area contributed by atoms with Gasteiger partial charge in [0.15, 0.2) is 5.16 Å². The maximum Gasteiger partial charge on any atom is 0.433 e. The van der Waals surface area contributed by atoms with Crippen LogP contribution in [0, 0.1) is 0 Å². The van der Waals surface area contributed by atoms with Gasteiger partial charge in [0, 0.05) is 7.05 Å². The number of hydrogen-bond acceptors (Lipinski definition) is 5. The van der Waals surface area contributed by atoms with Gasteiger partial charge in [0.05, 0.1) is 5.56 Å². The smallest absolute Gasteiger partial charge is 0.433 e. The number of aryl methyl sites for hydroxylation is 1. The molecule has 0 unspecified atom stereocenters. The van der Waals surface area contributed by atoms with Gasteiger partial charge in [-0.15, -0.1) is 10.2 Å². The number of aromatic carboxylic acids is 1. The molecule has 2 heterocycles. The van der Waals surface area contributed by atoms with E-state index in [9.17, 15) is 18.0 Å². The molecule has 0 atom stereocenters. The fourth-order valence-electron chi connectivity index (χ4n) is 1.29. The van der Waals surface area contributed by atoms with E-state index in [2.05, 4.69) is 15.2 Å². The lowest BCUT2D eigenvalue weighted by Gasteiger charge is -2.09. The van der Waals surface area contributed by atoms with Crippen molar-refractivity contribution in [2.24, 2.45) is 7.05 Å². The molecule has 6 nitrogen and oxygen atoms in total. The number of carbonyl (C=O) groups is 1. The molecule has 2 rings (SSSR count). The fourth-order valence-corrected chi connectivity index (χ4v) is 2.15. The topological polar surface area (TPSA) is 80.9 Å². The van der Waals surface area contributed by atoms with Crippen LogP contribution < -0.4 is 0 Å². The van der Waals surface area contributed by atoms with E-state index < -0.39 is 17.8 Å². The summed E-state index contributed by atoms with van der Waals surface area (Å²) in [4.78, 5) is 14.4. The maximum atomic E-state index is 12.6. The van der Waals surface area contributed by atoms with Crippen LogP contribution in [0.4, 0.5) is 13.2 Å². The number of pyridine rings is 1. The van der Waals surface area contributed by atoms with Crippen molar-refractivity contribution in [3.8, 4) is 0 Å². The molecule has 0 amide bonds. The molecule has 0 aromatic carbocycles. The van der Waals surface area contributed by atoms with E-state index in [0.717, 1.165) is 6.07 Å². The molecular weight excluding hydrogens is 297 g/mol. The molecule has 0 saturated heterocycles. The zero-order chi connectivity index (χ0) is 14.9. The van der Waals surface area contributed by atoms with Crippen LogP contribution >= 0.6 is 11.8 Å². The Balaban J connectivity index is 2.47. The Labute approximate surface area is 114 Å². The molecule has 0 spiro atoms. The molecule has 20 heavy (non-hydrogen) atoms. The van der Waals surface area contributed by atoms with Crippen LogP contribution in [-0.2, 0) is 13.2 Å². The summed E-state index contributed by atoms with van der Waals surface area (Å²) in [5.41, 5.74) is -1.49. The van der Waals surface area contributed by atoms with Crippen LogP contribution in [0.2, 0.25) is 0 Å². The summed E-state index contributed by atoms with van der Waals surface area (Å²) in [6, 6.07) is 1.50. The molecule has 2 aromatic heterocycles. The zero-order valence-electron chi connectivity index (χ0n) is 9.92. The highest BCUT2D eigenvalue weighted by molar-refractivity contribution is 7.99. The van der Waals surface area contributed by atoms with E-state index in [-0.39, 0.29) is 15.7 Å². The van der Waals surface area contributed by atoms with E-state index in [4.69, 9.17) is 5.11 Å². The van der Waals surface area contributed by atoms with Gasteiger partial charge in [-0.1, -0.05) is 0 Å². The number of carboxylic acids is 1. The highest BCUT2D eigenvalue weighted by Gasteiger charge is 2.33. The van der Waals surface area contributed by atoms with Gasteiger partial charge in [-0.25, -0.2) is 9.78 Å². The summed E-state index contributed by atoms with van der Waals surface area (Å²) >= 11 is 0.704. The second-order valence-electron chi connectivity index (χ2n) is 3.68. The Morgan fingerprint density at radius 3 is 2.60 bits per heavy atom. The average molecular weight is 304 g/mol. The van der Waals surface area contributed by atoms with Gasteiger partial charge >= 0.3 is 12.1 Å². The highest BCUT2D eigenvalue weighted by atomic mass is 32.2. The van der Waals surface area contributed by atoms with Gasteiger partial charge in [-0.2, -0.15) is 13.2 Å². The zero-order valence-corrected chi connectivity index (χ0v) is 10.7. The van der Waals surface area contributed by atoms with Crippen LogP contribution in [0.1, 0.15) is 16.1 Å². The van der Waals surface area contributed by atoms with Crippen LogP contribution in [-0.4, -0.2) is 30.8 Å². The van der Waals surface area contributed by atoms with Crippen molar-refractivity contribution >= 4 is 17.7 Å². The number of nitrogens with zero attached hydrogens (tertiary/aromatic N) is 4. The van der Waals surface area contributed by atoms with Gasteiger partial charge in [0.25, 0.3) is 0 Å². The minimum Gasteiger partial charge on any atom is -0.478 e. The van der Waals surface area contributed by atoms with Crippen LogP contribution in [0.5, 0.6) is 0 Å². The molecule has 0 aliphatic carbocycles. The Morgan fingerprint density at radius 1 is 1.40 bits per heavy atom. The van der Waals surface area contributed by atoms with Gasteiger partial charge in [-0.05, 0) is 23.9 Å². The first-order valence-corrected chi connectivity index (χ1v) is 5.94. The molecule has 10 heteroatoms. The van der Waals surface area contributed by atoms with Crippen LogP contribution in [0.3, 0.4) is 0 Å². The average Bonchev–Trinajstić information content (AvgIpc) is 2.73. The molecule has 0 saturated carbocycles. The molecule has 1 N–H and O–H groups in total. The molecule has 2 aromatic rings. The molecule has 106 valence electrons. The number of alkyl halides is 3. The molecule has 0 aliphatic rings. The first-order chi connectivity index (χ1) is 9.29. The molecule has 0 aliphatic heterocycles. The second-order valence-corrected chi connectivity index (χ2v) is 4.63. The summed E-state index contributed by atoms with van der Waals surface area (Å²) in [5.74, 6) is -1.36. The van der Waals surface area contributed by atoms with Crippen molar-refractivity contribution in [3.05, 3.63) is 29.7 Å². The maximum absolute atomic E-state index is 12.6. The van der Waals surface area contributed by atoms with Crippen molar-refractivity contribution in [3.63, 3.8) is 0 Å². The summed E-state index contributed by atoms with van der Waals surface area (Å²) in [5, 5.41) is 16.2. The van der Waals surface area contributed by atoms with Gasteiger partial charge < -0.3 is 9.67 Å². The lowest BCUT2D eigenvalue weighted by atomic mass is 10.2. The van der Waals surface area contributed by atoms with E-state index in [1.54, 1.807) is 7.05 Å². The Kier molecular flexibility index (Phi) is 3.66. The highest BCUT2D eigenvalue weighted by Crippen LogP contribution is 2.32. The van der Waals surface area contributed by atoms with E-state index >= 15 is 0 Å². The normalized spacial score (nSPS) is 11.6. The number of rotatable bonds is 3. The third-order valence-electron chi connectivity index (χ3n) is 2.24. The quantitative estimate of drug-likeness (QED) is 0.935. The summed E-state index contributed by atoms with van der Waals surface area (Å²) in [7, 11) is 1.58. The summed E-state index contributed by atoms with van der Waals surface area (Å²) < 4.78 is 39.3. The third-order valence-corrected chi connectivity index (χ3v) is 3.30. The minimum absolute atomic E-state index is 0.235. The van der Waals surface area contributed by atoms with Crippen molar-refractivity contribution in [1.29, 1.82) is 0 Å². The van der Waals surface area contributed by atoms with Gasteiger partial charge in [0.2, 0.25) is 0 Å². The number of halogens is 3. The number of carboxylic acid groups (broad SMARTS) is 1. The Morgan fingerprint density at radius 2 is 2.10 bits per heavy atom. The molecule has 0 radical (unpaired) electrons.